The van der Waals surface area contributed by atoms with E-state index in [4.69, 9.17) is 5.73 Å². The first-order chi connectivity index (χ1) is 8.61. The van der Waals surface area contributed by atoms with Crippen LogP contribution in [0.5, 0.6) is 0 Å². The van der Waals surface area contributed by atoms with Gasteiger partial charge in [-0.05, 0) is 43.0 Å². The van der Waals surface area contributed by atoms with Gasteiger partial charge in [-0.15, -0.1) is 0 Å². The largest absolute Gasteiger partial charge is 0.356 e. The SMILES string of the molecule is CC(CN)CCC(=O)NCCc1ccc(F)cc1. The third-order valence-corrected chi connectivity index (χ3v) is 2.92. The predicted octanol–water partition coefficient (Wildman–Crippen LogP) is 1.86. The third kappa shape index (κ3) is 5.77. The Morgan fingerprint density at radius 3 is 2.67 bits per heavy atom. The number of hydrogen-bond acceptors (Lipinski definition) is 2. The summed E-state index contributed by atoms with van der Waals surface area (Å²) in [5.74, 6) is 0.198. The summed E-state index contributed by atoms with van der Waals surface area (Å²) in [7, 11) is 0. The molecule has 1 unspecified atom stereocenters. The Bertz CT molecular complexity index is 365. The molecule has 0 saturated carbocycles. The maximum Gasteiger partial charge on any atom is 0.220 e. The molecule has 0 radical (unpaired) electrons. The molecule has 3 N–H and O–H groups in total. The van der Waals surface area contributed by atoms with Gasteiger partial charge in [0.2, 0.25) is 5.91 Å². The van der Waals surface area contributed by atoms with E-state index in [1.54, 1.807) is 12.1 Å². The molecule has 3 nitrogen and oxygen atoms in total. The van der Waals surface area contributed by atoms with Gasteiger partial charge in [0.1, 0.15) is 5.82 Å². The molecule has 1 amide bonds. The van der Waals surface area contributed by atoms with Crippen molar-refractivity contribution in [1.82, 2.24) is 5.32 Å². The molecular formula is C14H21FN2O. The second-order valence-electron chi connectivity index (χ2n) is 4.61. The number of nitrogens with two attached hydrogens (primary N) is 1. The zero-order chi connectivity index (χ0) is 13.4. The number of nitrogens with one attached hydrogen (secondary N) is 1. The van der Waals surface area contributed by atoms with Crippen molar-refractivity contribution in [3.8, 4) is 0 Å². The van der Waals surface area contributed by atoms with Gasteiger partial charge >= 0.3 is 0 Å². The number of hydrogen-bond donors (Lipinski definition) is 2. The van der Waals surface area contributed by atoms with E-state index in [-0.39, 0.29) is 11.7 Å². The molecule has 0 heterocycles. The molecule has 0 bridgehead atoms. The summed E-state index contributed by atoms with van der Waals surface area (Å²) in [4.78, 5) is 11.5. The van der Waals surface area contributed by atoms with Crippen LogP contribution in [0.25, 0.3) is 0 Å². The molecule has 1 rings (SSSR count). The van der Waals surface area contributed by atoms with Gasteiger partial charge in [-0.25, -0.2) is 4.39 Å². The van der Waals surface area contributed by atoms with Crippen molar-refractivity contribution in [2.75, 3.05) is 13.1 Å². The molecule has 0 saturated heterocycles. The van der Waals surface area contributed by atoms with Crippen LogP contribution < -0.4 is 11.1 Å². The summed E-state index contributed by atoms with van der Waals surface area (Å²) in [6, 6.07) is 6.33. The van der Waals surface area contributed by atoms with E-state index in [2.05, 4.69) is 5.32 Å². The fourth-order valence-electron chi connectivity index (χ4n) is 1.58. The average Bonchev–Trinajstić information content (AvgIpc) is 2.38. The Balaban J connectivity index is 2.17. The van der Waals surface area contributed by atoms with E-state index in [1.165, 1.54) is 12.1 Å². The van der Waals surface area contributed by atoms with Crippen LogP contribution in [0.1, 0.15) is 25.3 Å². The minimum atomic E-state index is -0.237. The van der Waals surface area contributed by atoms with E-state index in [1.807, 2.05) is 6.92 Å². The molecule has 18 heavy (non-hydrogen) atoms. The maximum absolute atomic E-state index is 12.7. The smallest absolute Gasteiger partial charge is 0.220 e. The molecule has 0 aliphatic carbocycles. The highest BCUT2D eigenvalue weighted by molar-refractivity contribution is 5.75. The summed E-state index contributed by atoms with van der Waals surface area (Å²) < 4.78 is 12.7. The summed E-state index contributed by atoms with van der Waals surface area (Å²) in [6.45, 7) is 3.23. The number of carbonyl (C=O) groups excluding carboxylic acids is 1. The molecule has 0 aliphatic rings. The predicted molar refractivity (Wildman–Crippen MR) is 70.6 cm³/mol. The quantitative estimate of drug-likeness (QED) is 0.778. The Morgan fingerprint density at radius 2 is 2.06 bits per heavy atom. The van der Waals surface area contributed by atoms with E-state index >= 15 is 0 Å². The highest BCUT2D eigenvalue weighted by atomic mass is 19.1. The topological polar surface area (TPSA) is 55.1 Å². The minimum absolute atomic E-state index is 0.0532. The second-order valence-corrected chi connectivity index (χ2v) is 4.61. The first-order valence-electron chi connectivity index (χ1n) is 6.33. The van der Waals surface area contributed by atoms with Crippen LogP contribution in [0, 0.1) is 11.7 Å². The van der Waals surface area contributed by atoms with Gasteiger partial charge in [-0.1, -0.05) is 19.1 Å². The Morgan fingerprint density at radius 1 is 1.39 bits per heavy atom. The van der Waals surface area contributed by atoms with Gasteiger partial charge in [-0.3, -0.25) is 4.79 Å². The Kier molecular flexibility index (Phi) is 6.36. The maximum atomic E-state index is 12.7. The van der Waals surface area contributed by atoms with Crippen LogP contribution >= 0.6 is 0 Å². The van der Waals surface area contributed by atoms with Gasteiger partial charge < -0.3 is 11.1 Å². The van der Waals surface area contributed by atoms with Crippen LogP contribution in [-0.2, 0) is 11.2 Å². The van der Waals surface area contributed by atoms with Crippen molar-refractivity contribution in [1.29, 1.82) is 0 Å². The van der Waals surface area contributed by atoms with E-state index in [9.17, 15) is 9.18 Å². The minimum Gasteiger partial charge on any atom is -0.356 e. The summed E-state index contributed by atoms with van der Waals surface area (Å²) in [5, 5.41) is 2.85. The van der Waals surface area contributed by atoms with E-state index in [0.717, 1.165) is 18.4 Å². The third-order valence-electron chi connectivity index (χ3n) is 2.92. The van der Waals surface area contributed by atoms with Crippen molar-refractivity contribution in [3.05, 3.63) is 35.6 Å². The van der Waals surface area contributed by atoms with Crippen LogP contribution in [0.4, 0.5) is 4.39 Å². The normalized spacial score (nSPS) is 12.2. The standard InChI is InChI=1S/C14H21FN2O/c1-11(10-16)2-7-14(18)17-9-8-12-3-5-13(15)6-4-12/h3-6,11H,2,7-10,16H2,1H3,(H,17,18). The molecule has 0 spiro atoms. The van der Waals surface area contributed by atoms with Crippen molar-refractivity contribution in [2.45, 2.75) is 26.2 Å². The first kappa shape index (κ1) is 14.6. The molecule has 0 fully saturated rings. The number of benzene rings is 1. The van der Waals surface area contributed by atoms with Gasteiger partial charge in [0, 0.05) is 13.0 Å². The molecule has 1 aromatic rings. The lowest BCUT2D eigenvalue weighted by Gasteiger charge is -2.08. The first-order valence-corrected chi connectivity index (χ1v) is 6.33. The molecule has 0 aromatic heterocycles. The highest BCUT2D eigenvalue weighted by Gasteiger charge is 2.04. The van der Waals surface area contributed by atoms with Crippen LogP contribution in [-0.4, -0.2) is 19.0 Å². The number of carbonyl (C=O) groups is 1. The molecular weight excluding hydrogens is 231 g/mol. The Hall–Kier alpha value is -1.42. The number of amides is 1. The molecule has 1 atom stereocenters. The van der Waals surface area contributed by atoms with Gasteiger partial charge in [-0.2, -0.15) is 0 Å². The molecule has 0 aliphatic heterocycles. The van der Waals surface area contributed by atoms with Gasteiger partial charge in [0.05, 0.1) is 0 Å². The van der Waals surface area contributed by atoms with Crippen LogP contribution in [0.15, 0.2) is 24.3 Å². The fraction of sp³-hybridized carbons (Fsp3) is 0.500. The lowest BCUT2D eigenvalue weighted by atomic mass is 10.1. The lowest BCUT2D eigenvalue weighted by molar-refractivity contribution is -0.121. The summed E-state index contributed by atoms with van der Waals surface area (Å²) in [5.41, 5.74) is 6.50. The fourth-order valence-corrected chi connectivity index (χ4v) is 1.58. The zero-order valence-electron chi connectivity index (χ0n) is 10.8. The average molecular weight is 252 g/mol. The van der Waals surface area contributed by atoms with Crippen molar-refractivity contribution in [2.24, 2.45) is 11.7 Å². The van der Waals surface area contributed by atoms with Crippen molar-refractivity contribution >= 4 is 5.91 Å². The van der Waals surface area contributed by atoms with E-state index < -0.39 is 0 Å². The van der Waals surface area contributed by atoms with Gasteiger partial charge in [0.15, 0.2) is 0 Å². The Labute approximate surface area is 108 Å². The summed E-state index contributed by atoms with van der Waals surface area (Å²) >= 11 is 0. The monoisotopic (exact) mass is 252 g/mol. The molecule has 4 heteroatoms. The second kappa shape index (κ2) is 7.82. The van der Waals surface area contributed by atoms with Crippen LogP contribution in [0.2, 0.25) is 0 Å². The number of rotatable bonds is 7. The van der Waals surface area contributed by atoms with E-state index in [0.29, 0.717) is 25.4 Å². The van der Waals surface area contributed by atoms with Gasteiger partial charge in [0.25, 0.3) is 0 Å². The summed E-state index contributed by atoms with van der Waals surface area (Å²) in [6.07, 6.45) is 2.05. The zero-order valence-corrected chi connectivity index (χ0v) is 10.8. The van der Waals surface area contributed by atoms with Crippen molar-refractivity contribution < 1.29 is 9.18 Å². The molecule has 1 aromatic carbocycles. The highest BCUT2D eigenvalue weighted by Crippen LogP contribution is 2.04. The lowest BCUT2D eigenvalue weighted by Crippen LogP contribution is -2.26. The van der Waals surface area contributed by atoms with Crippen LogP contribution in [0.3, 0.4) is 0 Å². The number of halogens is 1. The van der Waals surface area contributed by atoms with Crippen molar-refractivity contribution in [3.63, 3.8) is 0 Å². The molecule has 100 valence electrons.